The van der Waals surface area contributed by atoms with E-state index in [0.717, 1.165) is 23.7 Å². The van der Waals surface area contributed by atoms with Gasteiger partial charge in [-0.05, 0) is 79.7 Å². The van der Waals surface area contributed by atoms with Crippen molar-refractivity contribution in [1.29, 1.82) is 0 Å². The first kappa shape index (κ1) is 32.8. The SMILES string of the molecule is O=S(=O)(O)C(F)(F)C(F)(F)C1CC2CCC1C2.c1ccc(C2CCCCC2)cc1.c1ccc(NNc2ccccc2)cc1. The molecular weight excluding hydrogens is 580 g/mol. The van der Waals surface area contributed by atoms with Gasteiger partial charge in [0.15, 0.2) is 0 Å². The largest absolute Gasteiger partial charge is 0.431 e. The Bertz CT molecular complexity index is 1320. The van der Waals surface area contributed by atoms with Gasteiger partial charge in [0.05, 0.1) is 11.4 Å². The van der Waals surface area contributed by atoms with Gasteiger partial charge in [-0.3, -0.25) is 4.55 Å². The van der Waals surface area contributed by atoms with Crippen molar-refractivity contribution in [1.82, 2.24) is 0 Å². The van der Waals surface area contributed by atoms with Crippen LogP contribution in [0.4, 0.5) is 28.9 Å². The standard InChI is InChI=1S/C12H12N2.C12H16.C9H12F4O3S/c1-3-7-11(8-4-1)13-14-12-9-5-2-6-10-12;1-3-7-11(8-4-1)12-9-5-2-6-10-12;10-8(11,9(12,13)17(14,15)16)7-4-5-1-2-6(7)3-5/h1-10,13-14H;1,3-4,7-8,12H,2,5-6,9-10H2;5-7H,1-4H2,(H,14,15,16). The summed E-state index contributed by atoms with van der Waals surface area (Å²) in [5.74, 6) is -6.09. The monoisotopic (exact) mass is 620 g/mol. The highest BCUT2D eigenvalue weighted by atomic mass is 32.2. The zero-order chi connectivity index (χ0) is 30.9. The highest BCUT2D eigenvalue weighted by molar-refractivity contribution is 7.87. The zero-order valence-corrected chi connectivity index (χ0v) is 24.8. The Hall–Kier alpha value is -3.11. The van der Waals surface area contributed by atoms with E-state index in [0.29, 0.717) is 12.8 Å². The third-order valence-electron chi connectivity index (χ3n) is 8.69. The number of halogens is 4. The molecule has 0 saturated heterocycles. The van der Waals surface area contributed by atoms with Crippen molar-refractivity contribution < 1.29 is 30.5 Å². The van der Waals surface area contributed by atoms with Crippen molar-refractivity contribution in [3.8, 4) is 0 Å². The number of anilines is 2. The van der Waals surface area contributed by atoms with Crippen LogP contribution in [-0.4, -0.2) is 24.1 Å². The van der Waals surface area contributed by atoms with Gasteiger partial charge in [-0.1, -0.05) is 92.4 Å². The van der Waals surface area contributed by atoms with E-state index in [2.05, 4.69) is 41.2 Å². The third kappa shape index (κ3) is 8.50. The fourth-order valence-electron chi connectivity index (χ4n) is 6.42. The lowest BCUT2D eigenvalue weighted by atomic mass is 9.84. The summed E-state index contributed by atoms with van der Waals surface area (Å²) in [5.41, 5.74) is 9.88. The number of alkyl halides is 4. The van der Waals surface area contributed by atoms with Gasteiger partial charge in [0.25, 0.3) is 0 Å². The molecule has 5 nitrogen and oxygen atoms in total. The average molecular weight is 621 g/mol. The van der Waals surface area contributed by atoms with Crippen LogP contribution in [0.15, 0.2) is 91.0 Å². The van der Waals surface area contributed by atoms with E-state index in [4.69, 9.17) is 4.55 Å². The van der Waals surface area contributed by atoms with Crippen LogP contribution in [0.2, 0.25) is 0 Å². The molecule has 2 bridgehead atoms. The first-order valence-corrected chi connectivity index (χ1v) is 16.3. The molecule has 3 atom stereocenters. The summed E-state index contributed by atoms with van der Waals surface area (Å²) in [5, 5.41) is -5.41. The van der Waals surface area contributed by atoms with Crippen molar-refractivity contribution in [2.24, 2.45) is 17.8 Å². The lowest BCUT2D eigenvalue weighted by Gasteiger charge is -2.33. The second kappa shape index (κ2) is 14.6. The van der Waals surface area contributed by atoms with E-state index in [1.54, 1.807) is 5.56 Å². The molecule has 0 aromatic heterocycles. The summed E-state index contributed by atoms with van der Waals surface area (Å²) >= 11 is 0. The minimum absolute atomic E-state index is 0.0203. The number of fused-ring (bicyclic) bond motifs is 2. The number of benzene rings is 3. The van der Waals surface area contributed by atoms with Gasteiger partial charge >= 0.3 is 21.3 Å². The molecule has 0 heterocycles. The van der Waals surface area contributed by atoms with Gasteiger partial charge in [-0.15, -0.1) is 0 Å². The first-order chi connectivity index (χ1) is 20.5. The van der Waals surface area contributed by atoms with Crippen LogP contribution < -0.4 is 10.9 Å². The summed E-state index contributed by atoms with van der Waals surface area (Å²) in [6.45, 7) is 0. The summed E-state index contributed by atoms with van der Waals surface area (Å²) in [7, 11) is -6.10. The second-order valence-electron chi connectivity index (χ2n) is 11.6. The Morgan fingerprint density at radius 3 is 1.56 bits per heavy atom. The highest BCUT2D eigenvalue weighted by Crippen LogP contribution is 2.58. The molecular formula is C33H40F4N2O3S. The average Bonchev–Trinajstić information content (AvgIpc) is 3.67. The summed E-state index contributed by atoms with van der Waals surface area (Å²) in [4.78, 5) is 0. The molecule has 0 radical (unpaired) electrons. The maximum atomic E-state index is 13.6. The zero-order valence-electron chi connectivity index (χ0n) is 24.0. The number of hydrazine groups is 1. The molecule has 0 amide bonds. The van der Waals surface area contributed by atoms with E-state index >= 15 is 0 Å². The minimum atomic E-state index is -6.10. The molecule has 10 heteroatoms. The fraction of sp³-hybridized carbons (Fsp3) is 0.455. The number of hydrogen-bond donors (Lipinski definition) is 3. The highest BCUT2D eigenvalue weighted by Gasteiger charge is 2.71. The van der Waals surface area contributed by atoms with E-state index in [1.165, 1.54) is 32.1 Å². The van der Waals surface area contributed by atoms with Crippen LogP contribution in [0.25, 0.3) is 0 Å². The van der Waals surface area contributed by atoms with E-state index in [-0.39, 0.29) is 12.3 Å². The minimum Gasteiger partial charge on any atom is -0.301 e. The van der Waals surface area contributed by atoms with Gasteiger partial charge in [-0.2, -0.15) is 26.0 Å². The van der Waals surface area contributed by atoms with Gasteiger partial charge < -0.3 is 10.9 Å². The molecule has 3 fully saturated rings. The molecule has 3 aliphatic rings. The first-order valence-electron chi connectivity index (χ1n) is 14.9. The molecule has 3 unspecified atom stereocenters. The summed E-state index contributed by atoms with van der Waals surface area (Å²) in [6, 6.07) is 31.0. The molecule has 3 N–H and O–H groups in total. The molecule has 3 aromatic rings. The van der Waals surface area contributed by atoms with Crippen molar-refractivity contribution in [2.45, 2.75) is 74.9 Å². The predicted octanol–water partition coefficient (Wildman–Crippen LogP) is 9.40. The second-order valence-corrected chi connectivity index (χ2v) is 13.1. The fourth-order valence-corrected chi connectivity index (χ4v) is 6.92. The van der Waals surface area contributed by atoms with Crippen LogP contribution in [0.5, 0.6) is 0 Å². The van der Waals surface area contributed by atoms with E-state index in [9.17, 15) is 26.0 Å². The van der Waals surface area contributed by atoms with E-state index < -0.39 is 33.1 Å². The van der Waals surface area contributed by atoms with Crippen LogP contribution in [0, 0.1) is 17.8 Å². The maximum absolute atomic E-state index is 13.6. The third-order valence-corrected chi connectivity index (χ3v) is 9.61. The van der Waals surface area contributed by atoms with Crippen LogP contribution in [0.3, 0.4) is 0 Å². The summed E-state index contributed by atoms with van der Waals surface area (Å²) < 4.78 is 82.4. The molecule has 6 rings (SSSR count). The van der Waals surface area contributed by atoms with Gasteiger partial charge in [0.2, 0.25) is 0 Å². The Morgan fingerprint density at radius 2 is 1.14 bits per heavy atom. The number of rotatable bonds is 7. The Labute approximate surface area is 251 Å². The molecule has 3 saturated carbocycles. The van der Waals surface area contributed by atoms with Crippen molar-refractivity contribution in [3.63, 3.8) is 0 Å². The lowest BCUT2D eigenvalue weighted by molar-refractivity contribution is -0.202. The Kier molecular flexibility index (Phi) is 11.1. The number of para-hydroxylation sites is 2. The summed E-state index contributed by atoms with van der Waals surface area (Å²) in [6.07, 6.45) is 8.63. The molecule has 3 aromatic carbocycles. The molecule has 43 heavy (non-hydrogen) atoms. The molecule has 234 valence electrons. The smallest absolute Gasteiger partial charge is 0.301 e. The Morgan fingerprint density at radius 1 is 0.651 bits per heavy atom. The molecule has 3 aliphatic carbocycles. The lowest BCUT2D eigenvalue weighted by Crippen LogP contribution is -2.52. The number of hydrogen-bond acceptors (Lipinski definition) is 4. The van der Waals surface area contributed by atoms with Crippen molar-refractivity contribution >= 4 is 21.5 Å². The topological polar surface area (TPSA) is 78.4 Å². The van der Waals surface area contributed by atoms with Crippen LogP contribution in [0.1, 0.15) is 69.3 Å². The predicted molar refractivity (Wildman–Crippen MR) is 163 cm³/mol. The quantitative estimate of drug-likeness (QED) is 0.139. The molecule has 0 aliphatic heterocycles. The van der Waals surface area contributed by atoms with Crippen molar-refractivity contribution in [3.05, 3.63) is 96.6 Å². The van der Waals surface area contributed by atoms with Crippen LogP contribution >= 0.6 is 0 Å². The van der Waals surface area contributed by atoms with Crippen molar-refractivity contribution in [2.75, 3.05) is 10.9 Å². The normalized spacial score (nSPS) is 22.0. The van der Waals surface area contributed by atoms with Crippen LogP contribution in [-0.2, 0) is 10.1 Å². The van der Waals surface area contributed by atoms with Gasteiger partial charge in [-0.25, -0.2) is 0 Å². The van der Waals surface area contributed by atoms with Gasteiger partial charge in [0, 0.05) is 5.92 Å². The Balaban J connectivity index is 0.000000150. The molecule has 0 spiro atoms. The number of nitrogens with one attached hydrogen (secondary N) is 2. The van der Waals surface area contributed by atoms with Gasteiger partial charge in [0.1, 0.15) is 0 Å². The van der Waals surface area contributed by atoms with E-state index in [1.807, 2.05) is 60.7 Å². The maximum Gasteiger partial charge on any atom is 0.431 e.